The van der Waals surface area contributed by atoms with Crippen molar-refractivity contribution in [3.63, 3.8) is 0 Å². The number of aromatic nitrogens is 4. The van der Waals surface area contributed by atoms with Gasteiger partial charge >= 0.3 is 12.3 Å². The molecule has 4 rings (SSSR count). The number of rotatable bonds is 4. The summed E-state index contributed by atoms with van der Waals surface area (Å²) in [6, 6.07) is 0.614. The van der Waals surface area contributed by atoms with Gasteiger partial charge in [0.05, 0.1) is 31.6 Å². The van der Waals surface area contributed by atoms with Crippen molar-refractivity contribution in [1.29, 1.82) is 0 Å². The van der Waals surface area contributed by atoms with E-state index in [1.807, 2.05) is 0 Å². The number of aliphatic hydroxyl groups is 1. The van der Waals surface area contributed by atoms with Gasteiger partial charge in [-0.25, -0.2) is 19.7 Å². The molecule has 1 amide bonds. The zero-order valence-corrected chi connectivity index (χ0v) is 16.9. The van der Waals surface area contributed by atoms with Gasteiger partial charge in [-0.2, -0.15) is 18.2 Å². The second-order valence-electron chi connectivity index (χ2n) is 7.21. The maximum atomic E-state index is 13.7. The first-order valence-electron chi connectivity index (χ1n) is 9.71. The number of alkyl halides is 3. The summed E-state index contributed by atoms with van der Waals surface area (Å²) < 4.78 is 51.4. The average molecular weight is 455 g/mol. The summed E-state index contributed by atoms with van der Waals surface area (Å²) in [4.78, 5) is 31.1. The van der Waals surface area contributed by atoms with E-state index < -0.39 is 48.2 Å². The van der Waals surface area contributed by atoms with Crippen LogP contribution in [0.4, 0.5) is 35.7 Å². The number of aliphatic hydroxyl groups excluding tert-OH is 1. The molecule has 0 unspecified atom stereocenters. The predicted molar refractivity (Wildman–Crippen MR) is 105 cm³/mol. The number of hydrogen-bond donors (Lipinski definition) is 2. The van der Waals surface area contributed by atoms with Gasteiger partial charge in [0.25, 0.3) is 0 Å². The number of morpholine rings is 1. The summed E-state index contributed by atoms with van der Waals surface area (Å²) in [6.07, 6.45) is -5.47. The first kappa shape index (κ1) is 22.0. The predicted octanol–water partition coefficient (Wildman–Crippen LogP) is 1.08. The van der Waals surface area contributed by atoms with E-state index in [1.54, 1.807) is 11.8 Å². The van der Waals surface area contributed by atoms with Gasteiger partial charge in [0.1, 0.15) is 11.9 Å². The van der Waals surface area contributed by atoms with E-state index in [-0.39, 0.29) is 17.5 Å². The molecule has 0 bridgehead atoms. The molecule has 4 heterocycles. The van der Waals surface area contributed by atoms with Crippen LogP contribution in [-0.4, -0.2) is 76.2 Å². The maximum absolute atomic E-state index is 13.7. The highest BCUT2D eigenvalue weighted by molar-refractivity contribution is 5.90. The van der Waals surface area contributed by atoms with E-state index in [0.29, 0.717) is 26.3 Å². The summed E-state index contributed by atoms with van der Waals surface area (Å²) in [6.45, 7) is 2.81. The molecule has 0 saturated carbocycles. The smallest absolute Gasteiger partial charge is 0.434 e. The largest absolute Gasteiger partial charge is 0.441 e. The van der Waals surface area contributed by atoms with Crippen LogP contribution in [0, 0.1) is 0 Å². The number of nitrogens with zero attached hydrogens (tertiary/aromatic N) is 6. The Morgan fingerprint density at radius 2 is 1.97 bits per heavy atom. The van der Waals surface area contributed by atoms with Gasteiger partial charge in [-0.3, -0.25) is 4.90 Å². The summed E-state index contributed by atoms with van der Waals surface area (Å²) in [5.41, 5.74) is 3.56. The van der Waals surface area contributed by atoms with Crippen molar-refractivity contribution < 1.29 is 32.5 Å². The molecular formula is C18H20F3N7O4. The Kier molecular flexibility index (Phi) is 5.73. The van der Waals surface area contributed by atoms with Crippen LogP contribution in [0.2, 0.25) is 0 Å². The Hall–Kier alpha value is -3.26. The SMILES string of the molecule is C[C@H]1[C@H](CO)OC(=O)N1c1cc(-c2cnc(N)nc2C(F)(F)F)nc(N2CCOCC2)n1. The van der Waals surface area contributed by atoms with E-state index in [4.69, 9.17) is 15.2 Å². The van der Waals surface area contributed by atoms with Crippen molar-refractivity contribution in [1.82, 2.24) is 19.9 Å². The Morgan fingerprint density at radius 3 is 2.59 bits per heavy atom. The number of hydrogen-bond acceptors (Lipinski definition) is 10. The van der Waals surface area contributed by atoms with E-state index in [9.17, 15) is 23.1 Å². The fourth-order valence-corrected chi connectivity index (χ4v) is 3.50. The molecule has 2 saturated heterocycles. The van der Waals surface area contributed by atoms with Gasteiger partial charge in [-0.05, 0) is 6.92 Å². The molecule has 14 heteroatoms. The van der Waals surface area contributed by atoms with Crippen molar-refractivity contribution in [2.45, 2.75) is 25.2 Å². The molecule has 2 atom stereocenters. The van der Waals surface area contributed by atoms with Crippen LogP contribution in [0.1, 0.15) is 12.6 Å². The van der Waals surface area contributed by atoms with Crippen LogP contribution >= 0.6 is 0 Å². The normalized spacial score (nSPS) is 21.7. The fraction of sp³-hybridized carbons (Fsp3) is 0.500. The van der Waals surface area contributed by atoms with Gasteiger partial charge in [0, 0.05) is 30.9 Å². The number of ether oxygens (including phenoxy) is 2. The van der Waals surface area contributed by atoms with Gasteiger partial charge in [-0.1, -0.05) is 0 Å². The highest BCUT2D eigenvalue weighted by atomic mass is 19.4. The molecule has 0 aromatic carbocycles. The molecule has 2 aromatic heterocycles. The lowest BCUT2D eigenvalue weighted by molar-refractivity contribution is -0.140. The Balaban J connectivity index is 1.87. The molecular weight excluding hydrogens is 435 g/mol. The summed E-state index contributed by atoms with van der Waals surface area (Å²) in [5, 5.41) is 9.45. The molecule has 0 spiro atoms. The number of halogens is 3. The van der Waals surface area contributed by atoms with Crippen LogP contribution in [0.15, 0.2) is 12.3 Å². The first-order chi connectivity index (χ1) is 15.2. The summed E-state index contributed by atoms with van der Waals surface area (Å²) in [5.74, 6) is -0.403. The quantitative estimate of drug-likeness (QED) is 0.688. The highest BCUT2D eigenvalue weighted by Crippen LogP contribution is 2.37. The number of anilines is 3. The maximum Gasteiger partial charge on any atom is 0.434 e. The monoisotopic (exact) mass is 455 g/mol. The Labute approximate surface area is 180 Å². The number of nitrogens with two attached hydrogens (primary N) is 1. The number of nitrogen functional groups attached to an aromatic ring is 1. The van der Waals surface area contributed by atoms with Gasteiger partial charge < -0.3 is 25.2 Å². The van der Waals surface area contributed by atoms with Crippen molar-refractivity contribution >= 4 is 23.8 Å². The molecule has 32 heavy (non-hydrogen) atoms. The summed E-state index contributed by atoms with van der Waals surface area (Å²) >= 11 is 0. The minimum absolute atomic E-state index is 0.0230. The number of carbonyl (C=O) groups is 1. The third-order valence-corrected chi connectivity index (χ3v) is 5.17. The standard InChI is InChI=1S/C18H20F3N7O4/c1-9-12(8-29)32-17(30)28(9)13-6-11(24-16(25-13)27-2-4-31-5-3-27)10-7-23-15(22)26-14(10)18(19,20)21/h6-7,9,12,29H,2-5,8H2,1H3,(H2,22,23,26)/t9-,12-/m0/s1. The van der Waals surface area contributed by atoms with Crippen LogP contribution in [0.5, 0.6) is 0 Å². The fourth-order valence-electron chi connectivity index (χ4n) is 3.50. The van der Waals surface area contributed by atoms with Crippen LogP contribution < -0.4 is 15.5 Å². The molecule has 0 radical (unpaired) electrons. The zero-order valence-electron chi connectivity index (χ0n) is 16.9. The number of carbonyl (C=O) groups excluding carboxylic acids is 1. The Morgan fingerprint density at radius 1 is 1.25 bits per heavy atom. The third kappa shape index (κ3) is 4.10. The van der Waals surface area contributed by atoms with Gasteiger partial charge in [0.15, 0.2) is 5.69 Å². The molecule has 2 aromatic rings. The van der Waals surface area contributed by atoms with Crippen LogP contribution in [0.3, 0.4) is 0 Å². The minimum Gasteiger partial charge on any atom is -0.441 e. The topological polar surface area (TPSA) is 140 Å². The van der Waals surface area contributed by atoms with Crippen molar-refractivity contribution in [3.8, 4) is 11.3 Å². The van der Waals surface area contributed by atoms with Gasteiger partial charge in [-0.15, -0.1) is 0 Å². The van der Waals surface area contributed by atoms with Crippen molar-refractivity contribution in [2.24, 2.45) is 0 Å². The average Bonchev–Trinajstić information content (AvgIpc) is 3.06. The number of amides is 1. The van der Waals surface area contributed by atoms with Crippen molar-refractivity contribution in [2.75, 3.05) is 48.4 Å². The molecule has 11 nitrogen and oxygen atoms in total. The molecule has 172 valence electrons. The van der Waals surface area contributed by atoms with Gasteiger partial charge in [0.2, 0.25) is 11.9 Å². The number of cyclic esters (lactones) is 1. The van der Waals surface area contributed by atoms with Crippen LogP contribution in [-0.2, 0) is 15.7 Å². The van der Waals surface area contributed by atoms with E-state index in [1.165, 1.54) is 11.0 Å². The molecule has 2 aliphatic rings. The summed E-state index contributed by atoms with van der Waals surface area (Å²) in [7, 11) is 0. The molecule has 0 aliphatic carbocycles. The molecule has 2 aliphatic heterocycles. The second-order valence-corrected chi connectivity index (χ2v) is 7.21. The second kappa shape index (κ2) is 8.35. The van der Waals surface area contributed by atoms with E-state index in [2.05, 4.69) is 19.9 Å². The van der Waals surface area contributed by atoms with Crippen LogP contribution in [0.25, 0.3) is 11.3 Å². The zero-order chi connectivity index (χ0) is 23.0. The van der Waals surface area contributed by atoms with E-state index in [0.717, 1.165) is 6.20 Å². The van der Waals surface area contributed by atoms with Crippen molar-refractivity contribution in [3.05, 3.63) is 18.0 Å². The highest BCUT2D eigenvalue weighted by Gasteiger charge is 2.41. The lowest BCUT2D eigenvalue weighted by atomic mass is 10.1. The lowest BCUT2D eigenvalue weighted by Crippen LogP contribution is -2.39. The lowest BCUT2D eigenvalue weighted by Gasteiger charge is -2.28. The third-order valence-electron chi connectivity index (χ3n) is 5.17. The van der Waals surface area contributed by atoms with E-state index >= 15 is 0 Å². The molecule has 2 fully saturated rings. The minimum atomic E-state index is -4.82. The molecule has 3 N–H and O–H groups in total. The first-order valence-corrected chi connectivity index (χ1v) is 9.71. The Bertz CT molecular complexity index is 1020.